The number of carbonyl (C=O) groups is 1. The van der Waals surface area contributed by atoms with Crippen LogP contribution in [0, 0.1) is 19.8 Å². The molecule has 1 unspecified atom stereocenters. The summed E-state index contributed by atoms with van der Waals surface area (Å²) in [7, 11) is -4.17. The van der Waals surface area contributed by atoms with Crippen molar-refractivity contribution in [3.05, 3.63) is 92.7 Å². The number of rotatable bonds is 15. The first kappa shape index (κ1) is 37.3. The average molecular weight is 745 g/mol. The molecule has 1 atom stereocenters. The summed E-state index contributed by atoms with van der Waals surface area (Å²) in [5.74, 6) is 2.15. The predicted molar refractivity (Wildman–Crippen MR) is 204 cm³/mol. The van der Waals surface area contributed by atoms with Gasteiger partial charge in [0.2, 0.25) is 12.9 Å². The molecule has 1 aliphatic heterocycles. The molecule has 0 saturated heterocycles. The van der Waals surface area contributed by atoms with Gasteiger partial charge in [-0.3, -0.25) is 4.79 Å². The molecule has 2 aromatic carbocycles. The Hall–Kier alpha value is -4.42. The van der Waals surface area contributed by atoms with Crippen molar-refractivity contribution in [1.29, 1.82) is 0 Å². The smallest absolute Gasteiger partial charge is 0.279 e. The number of hydrogen-bond donors (Lipinski definition) is 1. The molecule has 5 aromatic rings. The number of imidazole rings is 1. The Morgan fingerprint density at radius 2 is 1.67 bits per heavy atom. The molecule has 0 bridgehead atoms. The Bertz CT molecular complexity index is 2180. The normalized spacial score (nSPS) is 13.2. The number of aromatic nitrogens is 3. The zero-order valence-electron chi connectivity index (χ0n) is 31.0. The van der Waals surface area contributed by atoms with E-state index in [0.29, 0.717) is 48.1 Å². The number of aryl methyl sites for hydroxylation is 5. The minimum absolute atomic E-state index is 0.0608. The lowest BCUT2D eigenvalue weighted by Gasteiger charge is -2.24. The predicted octanol–water partition coefficient (Wildman–Crippen LogP) is 8.18. The van der Waals surface area contributed by atoms with Crippen molar-refractivity contribution >= 4 is 38.4 Å². The maximum atomic E-state index is 14.2. The Labute approximate surface area is 310 Å². The van der Waals surface area contributed by atoms with Gasteiger partial charge >= 0.3 is 0 Å². The van der Waals surface area contributed by atoms with E-state index in [1.54, 1.807) is 30.3 Å². The highest BCUT2D eigenvalue weighted by Gasteiger charge is 2.32. The molecule has 0 saturated carbocycles. The van der Waals surface area contributed by atoms with Gasteiger partial charge in [-0.05, 0) is 91.6 Å². The summed E-state index contributed by atoms with van der Waals surface area (Å²) in [6, 6.07) is 14.8. The van der Waals surface area contributed by atoms with Gasteiger partial charge in [0.1, 0.15) is 21.3 Å². The number of fused-ring (bicyclic) bond motifs is 2. The van der Waals surface area contributed by atoms with E-state index in [1.165, 1.54) is 11.3 Å². The second-order valence-electron chi connectivity index (χ2n) is 13.9. The first-order valence-corrected chi connectivity index (χ1v) is 20.4. The molecule has 1 aliphatic rings. The standard InChI is InChI=1S/C40H48N4O6S2/c1-8-11-28-19-27(22-44-34(10-3)42-36-25(6)18-26(7)41-39(36)44)20-29(12-9-2)37(28)50-38(30-13-15-32-33(21-30)49-23-48-32)40(45)43-52(46,47)35-16-14-31(51-35)17-24(4)5/h13-16,18-21,24,38H,8-12,17,22-23H2,1-7H3,(H,43,45). The quantitative estimate of drug-likeness (QED) is 0.114. The van der Waals surface area contributed by atoms with E-state index in [2.05, 4.69) is 69.0 Å². The van der Waals surface area contributed by atoms with Crippen LogP contribution in [0.4, 0.5) is 0 Å². The number of ether oxygens (including phenoxy) is 3. The maximum Gasteiger partial charge on any atom is 0.279 e. The van der Waals surface area contributed by atoms with Crippen molar-refractivity contribution in [3.63, 3.8) is 0 Å². The van der Waals surface area contributed by atoms with E-state index in [9.17, 15) is 13.2 Å². The van der Waals surface area contributed by atoms with E-state index < -0.39 is 22.0 Å². The van der Waals surface area contributed by atoms with E-state index in [4.69, 9.17) is 24.2 Å². The fraction of sp³-hybridized carbons (Fsp3) is 0.425. The van der Waals surface area contributed by atoms with E-state index >= 15 is 0 Å². The third-order valence-electron chi connectivity index (χ3n) is 9.02. The SMILES string of the molecule is CCCc1cc(Cn2c(CC)nc3c(C)cc(C)nc32)cc(CCC)c1OC(C(=O)NS(=O)(=O)c1ccc(CC(C)C)s1)c1ccc2c(c1)OCO2. The largest absolute Gasteiger partial charge is 0.475 e. The monoisotopic (exact) mass is 744 g/mol. The number of nitrogens with one attached hydrogen (secondary N) is 1. The number of carbonyl (C=O) groups excluding carboxylic acids is 1. The minimum Gasteiger partial charge on any atom is -0.475 e. The second-order valence-corrected chi connectivity index (χ2v) is 16.9. The van der Waals surface area contributed by atoms with Crippen LogP contribution in [0.15, 0.2) is 52.7 Å². The van der Waals surface area contributed by atoms with Gasteiger partial charge in [-0.15, -0.1) is 11.3 Å². The van der Waals surface area contributed by atoms with Crippen LogP contribution >= 0.6 is 11.3 Å². The first-order chi connectivity index (χ1) is 24.9. The Kier molecular flexibility index (Phi) is 11.3. The van der Waals surface area contributed by atoms with Gasteiger partial charge in [0.05, 0.1) is 6.54 Å². The summed E-state index contributed by atoms with van der Waals surface area (Å²) in [5, 5.41) is 0. The molecule has 3 aromatic heterocycles. The average Bonchev–Trinajstić information content (AvgIpc) is 3.83. The molecule has 276 valence electrons. The molecule has 1 amide bonds. The second kappa shape index (κ2) is 15.7. The topological polar surface area (TPSA) is 122 Å². The van der Waals surface area contributed by atoms with Gasteiger partial charge in [0, 0.05) is 22.6 Å². The van der Waals surface area contributed by atoms with Gasteiger partial charge in [-0.25, -0.2) is 23.1 Å². The lowest BCUT2D eigenvalue weighted by atomic mass is 9.97. The van der Waals surface area contributed by atoms with E-state index in [-0.39, 0.29) is 11.0 Å². The molecule has 0 spiro atoms. The molecule has 0 fully saturated rings. The van der Waals surface area contributed by atoms with Crippen LogP contribution < -0.4 is 18.9 Å². The van der Waals surface area contributed by atoms with Crippen molar-refractivity contribution in [2.24, 2.45) is 5.92 Å². The van der Waals surface area contributed by atoms with Crippen molar-refractivity contribution in [2.45, 2.75) is 104 Å². The molecule has 0 radical (unpaired) electrons. The van der Waals surface area contributed by atoms with Gasteiger partial charge < -0.3 is 18.8 Å². The van der Waals surface area contributed by atoms with Crippen LogP contribution in [0.2, 0.25) is 0 Å². The molecule has 12 heteroatoms. The van der Waals surface area contributed by atoms with Crippen LogP contribution in [0.1, 0.15) is 97.8 Å². The van der Waals surface area contributed by atoms with Gasteiger partial charge in [-0.2, -0.15) is 0 Å². The highest BCUT2D eigenvalue weighted by atomic mass is 32.2. The first-order valence-electron chi connectivity index (χ1n) is 18.1. The summed E-state index contributed by atoms with van der Waals surface area (Å²) in [5.41, 5.74) is 7.25. The number of thiophene rings is 1. The third kappa shape index (κ3) is 7.97. The summed E-state index contributed by atoms with van der Waals surface area (Å²) in [4.78, 5) is 25.0. The number of hydrogen-bond acceptors (Lipinski definition) is 9. The number of pyridine rings is 1. The van der Waals surface area contributed by atoms with E-state index in [0.717, 1.165) is 75.5 Å². The Morgan fingerprint density at radius 3 is 2.35 bits per heavy atom. The lowest BCUT2D eigenvalue weighted by molar-refractivity contribution is -0.126. The van der Waals surface area contributed by atoms with Crippen LogP contribution in [0.3, 0.4) is 0 Å². The fourth-order valence-electron chi connectivity index (χ4n) is 6.76. The van der Waals surface area contributed by atoms with Crippen molar-refractivity contribution < 1.29 is 27.4 Å². The summed E-state index contributed by atoms with van der Waals surface area (Å²) in [6.45, 7) is 15.2. The summed E-state index contributed by atoms with van der Waals surface area (Å²) in [6.07, 6.45) is 3.29. The number of benzene rings is 2. The highest BCUT2D eigenvalue weighted by Crippen LogP contribution is 2.38. The molecular formula is C40H48N4O6S2. The fourth-order valence-corrected chi connectivity index (χ4v) is 9.32. The number of nitrogens with zero attached hydrogens (tertiary/aromatic N) is 3. The third-order valence-corrected chi connectivity index (χ3v) is 12.0. The molecule has 4 heterocycles. The Balaban J connectivity index is 1.40. The Morgan fingerprint density at radius 1 is 0.962 bits per heavy atom. The maximum absolute atomic E-state index is 14.2. The van der Waals surface area contributed by atoms with Crippen molar-refractivity contribution in [2.75, 3.05) is 6.79 Å². The van der Waals surface area contributed by atoms with Crippen LogP contribution in [0.5, 0.6) is 17.2 Å². The van der Waals surface area contributed by atoms with Gasteiger partial charge in [0.25, 0.3) is 15.9 Å². The molecule has 0 aliphatic carbocycles. The molecule has 52 heavy (non-hydrogen) atoms. The van der Waals surface area contributed by atoms with Gasteiger partial charge in [0.15, 0.2) is 17.1 Å². The van der Waals surface area contributed by atoms with Crippen LogP contribution in [-0.2, 0) is 47.0 Å². The molecule has 1 N–H and O–H groups in total. The van der Waals surface area contributed by atoms with Gasteiger partial charge in [-0.1, -0.05) is 65.7 Å². The number of sulfonamides is 1. The molecular weight excluding hydrogens is 697 g/mol. The van der Waals surface area contributed by atoms with E-state index in [1.807, 2.05) is 6.92 Å². The van der Waals surface area contributed by atoms with Crippen LogP contribution in [-0.4, -0.2) is 35.7 Å². The molecule has 10 nitrogen and oxygen atoms in total. The minimum atomic E-state index is -4.17. The number of amides is 1. The summed E-state index contributed by atoms with van der Waals surface area (Å²) < 4.78 is 49.8. The molecule has 6 rings (SSSR count). The van der Waals surface area contributed by atoms with Crippen LogP contribution in [0.25, 0.3) is 11.2 Å². The zero-order valence-corrected chi connectivity index (χ0v) is 32.7. The van der Waals surface area contributed by atoms with Crippen molar-refractivity contribution in [1.82, 2.24) is 19.3 Å². The highest BCUT2D eigenvalue weighted by molar-refractivity contribution is 7.92. The lowest BCUT2D eigenvalue weighted by Crippen LogP contribution is -2.36. The van der Waals surface area contributed by atoms with Crippen molar-refractivity contribution in [3.8, 4) is 17.2 Å². The zero-order chi connectivity index (χ0) is 37.2. The summed E-state index contributed by atoms with van der Waals surface area (Å²) >= 11 is 1.17.